The maximum Gasteiger partial charge on any atom is 0.310 e. The predicted octanol–water partition coefficient (Wildman–Crippen LogP) is 3.88. The van der Waals surface area contributed by atoms with Gasteiger partial charge in [-0.2, -0.15) is 0 Å². The van der Waals surface area contributed by atoms with Gasteiger partial charge in [-0.25, -0.2) is 0 Å². The SMILES string of the molecule is COCCOC(=O)Cc1ccc(Cc2ccc(CC(=O)OCC(O)(O)COC(=O)Cc3ccc(Cc4ccc(CC(=O)OCCOC)cc4)cc3)cc2)cc1. The van der Waals surface area contributed by atoms with Gasteiger partial charge < -0.3 is 38.6 Å². The number of benzene rings is 4. The number of carbonyl (C=O) groups excluding carboxylic acids is 4. The van der Waals surface area contributed by atoms with Gasteiger partial charge in [0.25, 0.3) is 0 Å². The van der Waals surface area contributed by atoms with Crippen LogP contribution < -0.4 is 0 Å². The van der Waals surface area contributed by atoms with E-state index in [9.17, 15) is 29.4 Å². The van der Waals surface area contributed by atoms with Crippen LogP contribution in [0.4, 0.5) is 0 Å². The Kier molecular flexibility index (Phi) is 17.0. The molecule has 0 unspecified atom stereocenters. The van der Waals surface area contributed by atoms with Gasteiger partial charge in [-0.05, 0) is 57.3 Å². The molecule has 0 radical (unpaired) electrons. The Bertz CT molecular complexity index is 1670. The van der Waals surface area contributed by atoms with E-state index < -0.39 is 30.9 Å². The molecule has 0 spiro atoms. The normalized spacial score (nSPS) is 11.1. The fraction of sp³-hybridized carbons (Fsp3) is 0.349. The van der Waals surface area contributed by atoms with Gasteiger partial charge >= 0.3 is 23.9 Å². The van der Waals surface area contributed by atoms with E-state index in [1.807, 2.05) is 72.8 Å². The fourth-order valence-electron chi connectivity index (χ4n) is 5.35. The second-order valence-corrected chi connectivity index (χ2v) is 13.1. The molecule has 0 bridgehead atoms. The summed E-state index contributed by atoms with van der Waals surface area (Å²) in [5.41, 5.74) is 7.21. The van der Waals surface area contributed by atoms with Gasteiger partial charge in [0.15, 0.2) is 0 Å². The number of esters is 4. The van der Waals surface area contributed by atoms with E-state index in [-0.39, 0.29) is 50.8 Å². The van der Waals surface area contributed by atoms with Crippen LogP contribution in [0.5, 0.6) is 0 Å². The number of hydrogen-bond donors (Lipinski definition) is 2. The molecule has 292 valence electrons. The average Bonchev–Trinajstić information content (AvgIpc) is 3.17. The molecule has 0 heterocycles. The Morgan fingerprint density at radius 3 is 0.891 bits per heavy atom. The van der Waals surface area contributed by atoms with E-state index in [0.29, 0.717) is 37.2 Å². The molecule has 0 aliphatic carbocycles. The first-order chi connectivity index (χ1) is 26.5. The zero-order chi connectivity index (χ0) is 39.5. The molecule has 55 heavy (non-hydrogen) atoms. The standard InChI is InChI=1S/C43H48O12/c1-50-19-21-52-39(44)25-35-11-3-31(4-12-35)23-33-7-15-37(16-8-33)27-41(46)54-29-43(48,49)30-55-42(47)28-38-17-9-34(10-18-38)24-32-5-13-36(14-6-32)26-40(45)53-22-20-51-2/h3-18,48-49H,19-30H2,1-2H3. The van der Waals surface area contributed by atoms with Crippen molar-refractivity contribution in [3.05, 3.63) is 142 Å². The van der Waals surface area contributed by atoms with Crippen LogP contribution in [0, 0.1) is 0 Å². The van der Waals surface area contributed by atoms with Crippen LogP contribution in [-0.4, -0.2) is 93.7 Å². The second-order valence-electron chi connectivity index (χ2n) is 13.1. The number of carbonyl (C=O) groups is 4. The summed E-state index contributed by atoms with van der Waals surface area (Å²) < 4.78 is 30.1. The third-order valence-electron chi connectivity index (χ3n) is 8.33. The highest BCUT2D eigenvalue weighted by molar-refractivity contribution is 5.74. The van der Waals surface area contributed by atoms with Crippen molar-refractivity contribution < 1.29 is 57.8 Å². The lowest BCUT2D eigenvalue weighted by molar-refractivity contribution is -0.225. The molecular weight excluding hydrogens is 708 g/mol. The molecule has 0 aliphatic rings. The van der Waals surface area contributed by atoms with Crippen molar-refractivity contribution in [3.63, 3.8) is 0 Å². The molecule has 0 saturated carbocycles. The monoisotopic (exact) mass is 756 g/mol. The van der Waals surface area contributed by atoms with Gasteiger partial charge in [-0.15, -0.1) is 0 Å². The third kappa shape index (κ3) is 16.2. The Balaban J connectivity index is 1.12. The summed E-state index contributed by atoms with van der Waals surface area (Å²) in [6.07, 6.45) is 1.50. The minimum Gasteiger partial charge on any atom is -0.463 e. The molecule has 0 aliphatic heterocycles. The quantitative estimate of drug-likeness (QED) is 0.0516. The average molecular weight is 757 g/mol. The van der Waals surface area contributed by atoms with Crippen LogP contribution in [0.1, 0.15) is 44.5 Å². The molecule has 2 N–H and O–H groups in total. The number of methoxy groups -OCH3 is 2. The molecule has 0 saturated heterocycles. The summed E-state index contributed by atoms with van der Waals surface area (Å²) in [7, 11) is 3.09. The van der Waals surface area contributed by atoms with Gasteiger partial charge in [0.05, 0.1) is 38.9 Å². The van der Waals surface area contributed by atoms with Crippen molar-refractivity contribution in [2.24, 2.45) is 0 Å². The first-order valence-electron chi connectivity index (χ1n) is 17.9. The van der Waals surface area contributed by atoms with Gasteiger partial charge in [0.1, 0.15) is 26.4 Å². The van der Waals surface area contributed by atoms with Crippen molar-refractivity contribution in [1.29, 1.82) is 0 Å². The van der Waals surface area contributed by atoms with Crippen LogP contribution in [0.15, 0.2) is 97.1 Å². The molecule has 0 atom stereocenters. The summed E-state index contributed by atoms with van der Waals surface area (Å²) >= 11 is 0. The largest absolute Gasteiger partial charge is 0.463 e. The van der Waals surface area contributed by atoms with Crippen LogP contribution >= 0.6 is 0 Å². The van der Waals surface area contributed by atoms with Crippen molar-refractivity contribution >= 4 is 23.9 Å². The summed E-state index contributed by atoms with van der Waals surface area (Å²) in [6, 6.07) is 30.1. The molecule has 4 aromatic carbocycles. The lowest BCUT2D eigenvalue weighted by Gasteiger charge is -2.21. The first-order valence-corrected chi connectivity index (χ1v) is 17.9. The lowest BCUT2D eigenvalue weighted by atomic mass is 10.0. The molecule has 4 aromatic rings. The van der Waals surface area contributed by atoms with Gasteiger partial charge in [0.2, 0.25) is 5.79 Å². The number of rotatable bonds is 22. The minimum absolute atomic E-state index is 0.0846. The van der Waals surface area contributed by atoms with E-state index in [1.165, 1.54) is 0 Å². The summed E-state index contributed by atoms with van der Waals surface area (Å²) in [5, 5.41) is 20.5. The molecule has 12 nitrogen and oxygen atoms in total. The van der Waals surface area contributed by atoms with E-state index in [4.69, 9.17) is 28.4 Å². The Labute approximate surface area is 320 Å². The predicted molar refractivity (Wildman–Crippen MR) is 201 cm³/mol. The Hall–Kier alpha value is -5.40. The maximum atomic E-state index is 12.4. The first kappa shape index (κ1) is 42.3. The number of ether oxygens (including phenoxy) is 6. The van der Waals surface area contributed by atoms with Crippen molar-refractivity contribution in [2.45, 2.75) is 44.3 Å². The van der Waals surface area contributed by atoms with Crippen LogP contribution in [-0.2, 0) is 86.1 Å². The van der Waals surface area contributed by atoms with Crippen LogP contribution in [0.2, 0.25) is 0 Å². The number of aliphatic hydroxyl groups is 2. The van der Waals surface area contributed by atoms with E-state index in [2.05, 4.69) is 0 Å². The molecule has 0 fully saturated rings. The molecular formula is C43H48O12. The van der Waals surface area contributed by atoms with E-state index in [1.54, 1.807) is 38.5 Å². The van der Waals surface area contributed by atoms with Crippen LogP contribution in [0.3, 0.4) is 0 Å². The summed E-state index contributed by atoms with van der Waals surface area (Å²) in [4.78, 5) is 48.6. The zero-order valence-corrected chi connectivity index (χ0v) is 31.2. The van der Waals surface area contributed by atoms with Crippen molar-refractivity contribution in [1.82, 2.24) is 0 Å². The molecule has 4 rings (SSSR count). The Morgan fingerprint density at radius 2 is 0.636 bits per heavy atom. The maximum absolute atomic E-state index is 12.4. The summed E-state index contributed by atoms with van der Waals surface area (Å²) in [6.45, 7) is -0.385. The number of hydrogen-bond acceptors (Lipinski definition) is 12. The highest BCUT2D eigenvalue weighted by Crippen LogP contribution is 2.16. The molecule has 12 heteroatoms. The van der Waals surface area contributed by atoms with Gasteiger partial charge in [-0.3, -0.25) is 19.2 Å². The van der Waals surface area contributed by atoms with E-state index in [0.717, 1.165) is 33.4 Å². The third-order valence-corrected chi connectivity index (χ3v) is 8.33. The second kappa shape index (κ2) is 22.1. The summed E-state index contributed by atoms with van der Waals surface area (Å²) in [5.74, 6) is -4.52. The molecule has 0 aromatic heterocycles. The van der Waals surface area contributed by atoms with Crippen LogP contribution in [0.25, 0.3) is 0 Å². The van der Waals surface area contributed by atoms with Crippen molar-refractivity contribution in [3.8, 4) is 0 Å². The molecule has 0 amide bonds. The van der Waals surface area contributed by atoms with Gasteiger partial charge in [-0.1, -0.05) is 97.1 Å². The zero-order valence-electron chi connectivity index (χ0n) is 31.2. The minimum atomic E-state index is -2.56. The lowest BCUT2D eigenvalue weighted by Crippen LogP contribution is -2.41. The van der Waals surface area contributed by atoms with Crippen molar-refractivity contribution in [2.75, 3.05) is 53.9 Å². The topological polar surface area (TPSA) is 164 Å². The fourth-order valence-corrected chi connectivity index (χ4v) is 5.35. The smallest absolute Gasteiger partial charge is 0.310 e. The highest BCUT2D eigenvalue weighted by Gasteiger charge is 2.28. The van der Waals surface area contributed by atoms with E-state index >= 15 is 0 Å². The van der Waals surface area contributed by atoms with Gasteiger partial charge in [0, 0.05) is 14.2 Å². The Morgan fingerprint density at radius 1 is 0.400 bits per heavy atom. The highest BCUT2D eigenvalue weighted by atomic mass is 16.6.